The summed E-state index contributed by atoms with van der Waals surface area (Å²) in [4.78, 5) is 10.8. The Labute approximate surface area is 146 Å². The van der Waals surface area contributed by atoms with Gasteiger partial charge in [-0.1, -0.05) is 50.5 Å². The number of allylic oxidation sites excluding steroid dienone is 2. The van der Waals surface area contributed by atoms with Crippen molar-refractivity contribution in [2.75, 3.05) is 0 Å². The quantitative estimate of drug-likeness (QED) is 0.540. The van der Waals surface area contributed by atoms with Crippen molar-refractivity contribution in [3.8, 4) is 11.8 Å². The molecule has 2 nitrogen and oxygen atoms in total. The van der Waals surface area contributed by atoms with Crippen LogP contribution in [0, 0.1) is 23.7 Å². The first-order chi connectivity index (χ1) is 11.7. The summed E-state index contributed by atoms with van der Waals surface area (Å²) in [5.41, 5.74) is 1.15. The van der Waals surface area contributed by atoms with Crippen LogP contribution in [-0.2, 0) is 0 Å². The Bertz CT molecular complexity index is 593. The molecule has 0 aliphatic heterocycles. The van der Waals surface area contributed by atoms with Crippen LogP contribution in [0.4, 0.5) is 0 Å². The van der Waals surface area contributed by atoms with Crippen molar-refractivity contribution >= 4 is 5.97 Å². The maximum Gasteiger partial charge on any atom is 0.335 e. The molecule has 0 spiro atoms. The van der Waals surface area contributed by atoms with E-state index in [0.717, 1.165) is 11.5 Å². The topological polar surface area (TPSA) is 37.3 Å². The third-order valence-corrected chi connectivity index (χ3v) is 4.91. The molecule has 1 aromatic carbocycles. The zero-order chi connectivity index (χ0) is 17.2. The van der Waals surface area contributed by atoms with Crippen LogP contribution in [0.3, 0.4) is 0 Å². The minimum atomic E-state index is -0.903. The van der Waals surface area contributed by atoms with Crippen LogP contribution < -0.4 is 0 Å². The Balaban J connectivity index is 1.74. The van der Waals surface area contributed by atoms with Gasteiger partial charge < -0.3 is 5.11 Å². The molecule has 0 saturated heterocycles. The summed E-state index contributed by atoms with van der Waals surface area (Å²) in [6.07, 6.45) is 15.0. The monoisotopic (exact) mass is 324 g/mol. The molecule has 0 heterocycles. The highest BCUT2D eigenvalue weighted by Gasteiger charge is 2.18. The smallest absolute Gasteiger partial charge is 0.335 e. The molecule has 0 atom stereocenters. The summed E-state index contributed by atoms with van der Waals surface area (Å²) in [5, 5.41) is 8.87. The van der Waals surface area contributed by atoms with Gasteiger partial charge in [-0.25, -0.2) is 4.79 Å². The van der Waals surface area contributed by atoms with Crippen LogP contribution in [0.25, 0.3) is 0 Å². The number of hydrogen-bond acceptors (Lipinski definition) is 1. The van der Waals surface area contributed by atoms with Crippen LogP contribution in [-0.4, -0.2) is 11.1 Å². The van der Waals surface area contributed by atoms with Crippen molar-refractivity contribution in [2.45, 2.75) is 58.3 Å². The lowest BCUT2D eigenvalue weighted by molar-refractivity contribution is 0.0697. The van der Waals surface area contributed by atoms with Crippen LogP contribution in [0.15, 0.2) is 36.4 Å². The molecule has 0 amide bonds. The molecule has 2 heteroatoms. The summed E-state index contributed by atoms with van der Waals surface area (Å²) in [5.74, 6) is 6.85. The molecule has 1 N–H and O–H groups in total. The number of carboxylic acid groups (broad SMARTS) is 1. The van der Waals surface area contributed by atoms with E-state index in [9.17, 15) is 4.79 Å². The van der Waals surface area contributed by atoms with Gasteiger partial charge in [0.2, 0.25) is 0 Å². The van der Waals surface area contributed by atoms with Gasteiger partial charge in [0.1, 0.15) is 0 Å². The average molecular weight is 324 g/mol. The highest BCUT2D eigenvalue weighted by molar-refractivity contribution is 5.87. The molecule has 1 fully saturated rings. The third-order valence-electron chi connectivity index (χ3n) is 4.91. The minimum Gasteiger partial charge on any atom is -0.478 e. The van der Waals surface area contributed by atoms with E-state index in [4.69, 9.17) is 5.11 Å². The van der Waals surface area contributed by atoms with Gasteiger partial charge in [-0.3, -0.25) is 0 Å². The molecule has 0 radical (unpaired) electrons. The highest BCUT2D eigenvalue weighted by Crippen LogP contribution is 2.32. The lowest BCUT2D eigenvalue weighted by Gasteiger charge is -2.26. The van der Waals surface area contributed by atoms with Gasteiger partial charge in [0.05, 0.1) is 5.56 Å². The molecule has 1 aliphatic rings. The molecular weight excluding hydrogens is 296 g/mol. The molecule has 128 valence electrons. The number of carboxylic acids is 1. The van der Waals surface area contributed by atoms with Crippen molar-refractivity contribution < 1.29 is 9.90 Å². The Morgan fingerprint density at radius 2 is 1.88 bits per heavy atom. The Kier molecular flexibility index (Phi) is 7.62. The molecule has 2 rings (SSSR count). The number of aromatic carboxylic acids is 1. The summed E-state index contributed by atoms with van der Waals surface area (Å²) in [6.45, 7) is 2.27. The molecular formula is C22H28O2. The fourth-order valence-electron chi connectivity index (χ4n) is 3.36. The second kappa shape index (κ2) is 9.98. The molecule has 1 aromatic rings. The fourth-order valence-corrected chi connectivity index (χ4v) is 3.36. The first kappa shape index (κ1) is 18.3. The Morgan fingerprint density at radius 3 is 2.50 bits per heavy atom. The fraction of sp³-hybridized carbons (Fsp3) is 0.500. The first-order valence-corrected chi connectivity index (χ1v) is 9.20. The number of hydrogen-bond donors (Lipinski definition) is 1. The second-order valence-electron chi connectivity index (χ2n) is 6.79. The van der Waals surface area contributed by atoms with Gasteiger partial charge in [0.25, 0.3) is 0 Å². The standard InChI is InChI=1S/C22H28O2/c1-2-3-4-7-18-10-12-19(13-11-18)8-5-6-9-20-14-16-21(17-15-20)22(23)24/h5,8,14-19H,2-4,7,10-13H2,1H3,(H,23,24)/t18-,19-. The van der Waals surface area contributed by atoms with Crippen LogP contribution in [0.2, 0.25) is 0 Å². The van der Waals surface area contributed by atoms with Gasteiger partial charge in [-0.15, -0.1) is 0 Å². The van der Waals surface area contributed by atoms with Crippen LogP contribution in [0.5, 0.6) is 0 Å². The van der Waals surface area contributed by atoms with E-state index in [2.05, 4.69) is 24.8 Å². The zero-order valence-corrected chi connectivity index (χ0v) is 14.6. The summed E-state index contributed by atoms with van der Waals surface area (Å²) < 4.78 is 0. The number of benzene rings is 1. The van der Waals surface area contributed by atoms with E-state index in [1.165, 1.54) is 51.4 Å². The van der Waals surface area contributed by atoms with Crippen molar-refractivity contribution in [1.82, 2.24) is 0 Å². The number of rotatable bonds is 6. The molecule has 0 unspecified atom stereocenters. The van der Waals surface area contributed by atoms with Gasteiger partial charge in [0, 0.05) is 5.56 Å². The first-order valence-electron chi connectivity index (χ1n) is 9.20. The van der Waals surface area contributed by atoms with Crippen molar-refractivity contribution in [3.63, 3.8) is 0 Å². The molecule has 0 bridgehead atoms. The summed E-state index contributed by atoms with van der Waals surface area (Å²) in [7, 11) is 0. The molecule has 24 heavy (non-hydrogen) atoms. The molecule has 0 aromatic heterocycles. The Hall–Kier alpha value is -2.01. The average Bonchev–Trinajstić information content (AvgIpc) is 2.60. The van der Waals surface area contributed by atoms with Gasteiger partial charge in [0.15, 0.2) is 0 Å². The summed E-state index contributed by atoms with van der Waals surface area (Å²) in [6, 6.07) is 6.70. The highest BCUT2D eigenvalue weighted by atomic mass is 16.4. The normalized spacial score (nSPS) is 20.5. The van der Waals surface area contributed by atoms with E-state index in [1.807, 2.05) is 6.08 Å². The van der Waals surface area contributed by atoms with Crippen LogP contribution >= 0.6 is 0 Å². The van der Waals surface area contributed by atoms with E-state index in [0.29, 0.717) is 11.5 Å². The van der Waals surface area contributed by atoms with Crippen molar-refractivity contribution in [1.29, 1.82) is 0 Å². The second-order valence-corrected chi connectivity index (χ2v) is 6.79. The van der Waals surface area contributed by atoms with Crippen molar-refractivity contribution in [2.24, 2.45) is 11.8 Å². The van der Waals surface area contributed by atoms with E-state index < -0.39 is 5.97 Å². The zero-order valence-electron chi connectivity index (χ0n) is 14.6. The van der Waals surface area contributed by atoms with Gasteiger partial charge in [-0.2, -0.15) is 0 Å². The van der Waals surface area contributed by atoms with E-state index >= 15 is 0 Å². The summed E-state index contributed by atoms with van der Waals surface area (Å²) >= 11 is 0. The maximum atomic E-state index is 10.8. The number of unbranched alkanes of at least 4 members (excludes halogenated alkanes) is 2. The largest absolute Gasteiger partial charge is 0.478 e. The lowest BCUT2D eigenvalue weighted by Crippen LogP contribution is -2.12. The predicted octanol–water partition coefficient (Wildman–Crippen LogP) is 5.68. The third kappa shape index (κ3) is 6.24. The molecule has 1 aliphatic carbocycles. The van der Waals surface area contributed by atoms with Gasteiger partial charge >= 0.3 is 5.97 Å². The van der Waals surface area contributed by atoms with Crippen molar-refractivity contribution in [3.05, 3.63) is 47.5 Å². The van der Waals surface area contributed by atoms with E-state index in [-0.39, 0.29) is 0 Å². The van der Waals surface area contributed by atoms with E-state index in [1.54, 1.807) is 24.3 Å². The van der Waals surface area contributed by atoms with Crippen LogP contribution in [0.1, 0.15) is 74.2 Å². The SMILES string of the molecule is CCCCC[C@H]1CC[C@H](C=CC#Cc2ccc(C(=O)O)cc2)CC1. The molecule has 1 saturated carbocycles. The lowest BCUT2D eigenvalue weighted by atomic mass is 9.79. The Morgan fingerprint density at radius 1 is 1.17 bits per heavy atom. The predicted molar refractivity (Wildman–Crippen MR) is 99.0 cm³/mol. The maximum absolute atomic E-state index is 10.8. The number of carbonyl (C=O) groups is 1. The minimum absolute atomic E-state index is 0.298. The van der Waals surface area contributed by atoms with Gasteiger partial charge in [-0.05, 0) is 67.9 Å².